The highest BCUT2D eigenvalue weighted by Crippen LogP contribution is 2.26. The van der Waals surface area contributed by atoms with Gasteiger partial charge < -0.3 is 11.1 Å². The van der Waals surface area contributed by atoms with E-state index >= 15 is 0 Å². The van der Waals surface area contributed by atoms with Crippen LogP contribution in [-0.4, -0.2) is 35.5 Å². The minimum Gasteiger partial charge on any atom is -0.401 e. The van der Waals surface area contributed by atoms with Crippen LogP contribution in [0.4, 0.5) is 0 Å². The lowest BCUT2D eigenvalue weighted by Crippen LogP contribution is -2.57. The van der Waals surface area contributed by atoms with E-state index in [0.29, 0.717) is 17.7 Å². The highest BCUT2D eigenvalue weighted by atomic mass is 16.2. The van der Waals surface area contributed by atoms with Crippen LogP contribution in [0.25, 0.3) is 0 Å². The Morgan fingerprint density at radius 3 is 2.32 bits per heavy atom. The fourth-order valence-corrected chi connectivity index (χ4v) is 3.21. The first-order valence-electron chi connectivity index (χ1n) is 8.56. The molecule has 128 valence electrons. The Morgan fingerprint density at radius 1 is 1.27 bits per heavy atom. The number of carbonyl (C=O) groups excluding carboxylic acids is 1. The molecule has 0 spiro atoms. The summed E-state index contributed by atoms with van der Waals surface area (Å²) in [5, 5.41) is 3.14. The number of likely N-dealkylation sites (tertiary alicyclic amines) is 1. The normalized spacial score (nSPS) is 23.1. The molecule has 1 heterocycles. The lowest BCUT2D eigenvalue weighted by atomic mass is 9.84. The zero-order valence-corrected chi connectivity index (χ0v) is 15.3. The van der Waals surface area contributed by atoms with Crippen LogP contribution in [0.1, 0.15) is 60.8 Å². The molecule has 0 aliphatic carbocycles. The van der Waals surface area contributed by atoms with Gasteiger partial charge in [-0.05, 0) is 37.6 Å². The molecule has 1 aliphatic rings. The van der Waals surface area contributed by atoms with Crippen LogP contribution in [0.5, 0.6) is 0 Å². The van der Waals surface area contributed by atoms with Gasteiger partial charge in [-0.25, -0.2) is 0 Å². The van der Waals surface area contributed by atoms with Gasteiger partial charge in [-0.3, -0.25) is 9.69 Å². The standard InChI is InChI=1S/C18H35N3O/c1-12(2)14(4)21-11-9-8-10-15(21)17(22)20-16(13(3)19)18(5,6)7/h12,14-16H,3,8-11,19H2,1-2,4-7H3,(H,20,22). The molecule has 22 heavy (non-hydrogen) atoms. The van der Waals surface area contributed by atoms with Crippen molar-refractivity contribution in [3.8, 4) is 0 Å². The average Bonchev–Trinajstić information content (AvgIpc) is 2.41. The van der Waals surface area contributed by atoms with Crippen molar-refractivity contribution in [3.05, 3.63) is 12.3 Å². The van der Waals surface area contributed by atoms with Crippen LogP contribution in [0, 0.1) is 11.3 Å². The molecule has 1 amide bonds. The van der Waals surface area contributed by atoms with Crippen LogP contribution in [0.2, 0.25) is 0 Å². The molecule has 0 aromatic carbocycles. The van der Waals surface area contributed by atoms with Crippen molar-refractivity contribution in [1.82, 2.24) is 10.2 Å². The Bertz CT molecular complexity index is 398. The van der Waals surface area contributed by atoms with Crippen molar-refractivity contribution in [2.24, 2.45) is 17.1 Å². The highest BCUT2D eigenvalue weighted by molar-refractivity contribution is 5.82. The molecule has 1 rings (SSSR count). The van der Waals surface area contributed by atoms with Gasteiger partial charge >= 0.3 is 0 Å². The number of hydrogen-bond acceptors (Lipinski definition) is 3. The van der Waals surface area contributed by atoms with E-state index in [1.807, 2.05) is 0 Å². The second-order valence-electron chi connectivity index (χ2n) is 8.12. The zero-order chi connectivity index (χ0) is 17.1. The van der Waals surface area contributed by atoms with Crippen LogP contribution in [0.15, 0.2) is 12.3 Å². The molecule has 1 aliphatic heterocycles. The smallest absolute Gasteiger partial charge is 0.237 e. The molecule has 0 aromatic heterocycles. The third-order valence-corrected chi connectivity index (χ3v) is 4.86. The van der Waals surface area contributed by atoms with Crippen LogP contribution < -0.4 is 11.1 Å². The van der Waals surface area contributed by atoms with Gasteiger partial charge in [0.25, 0.3) is 0 Å². The van der Waals surface area contributed by atoms with E-state index in [1.165, 1.54) is 6.42 Å². The Labute approximate surface area is 136 Å². The van der Waals surface area contributed by atoms with E-state index in [1.54, 1.807) is 0 Å². The van der Waals surface area contributed by atoms with E-state index < -0.39 is 0 Å². The fraction of sp³-hybridized carbons (Fsp3) is 0.833. The lowest BCUT2D eigenvalue weighted by molar-refractivity contribution is -0.130. The van der Waals surface area contributed by atoms with Gasteiger partial charge in [-0.2, -0.15) is 0 Å². The Hall–Kier alpha value is -1.03. The first-order chi connectivity index (χ1) is 10.1. The fourth-order valence-electron chi connectivity index (χ4n) is 3.21. The number of carbonyl (C=O) groups is 1. The molecule has 4 nitrogen and oxygen atoms in total. The van der Waals surface area contributed by atoms with Crippen LogP contribution in [0.3, 0.4) is 0 Å². The summed E-state index contributed by atoms with van der Waals surface area (Å²) >= 11 is 0. The van der Waals surface area contributed by atoms with E-state index in [2.05, 4.69) is 58.3 Å². The summed E-state index contributed by atoms with van der Waals surface area (Å²) in [6.45, 7) is 17.7. The second kappa shape index (κ2) is 7.49. The molecule has 0 bridgehead atoms. The van der Waals surface area contributed by atoms with Crippen molar-refractivity contribution in [2.75, 3.05) is 6.54 Å². The topological polar surface area (TPSA) is 58.4 Å². The molecule has 0 saturated carbocycles. The van der Waals surface area contributed by atoms with Gasteiger partial charge in [0.05, 0.1) is 12.1 Å². The third kappa shape index (κ3) is 4.73. The zero-order valence-electron chi connectivity index (χ0n) is 15.3. The highest BCUT2D eigenvalue weighted by Gasteiger charge is 2.35. The minimum atomic E-state index is -0.196. The number of nitrogens with two attached hydrogens (primary N) is 1. The lowest BCUT2D eigenvalue weighted by Gasteiger charge is -2.42. The maximum absolute atomic E-state index is 12.8. The number of nitrogens with one attached hydrogen (secondary N) is 1. The Kier molecular flexibility index (Phi) is 6.48. The SMILES string of the molecule is C=C(N)C(NC(=O)C1CCCCN1C(C)C(C)C)C(C)(C)C. The molecular formula is C18H35N3O. The Morgan fingerprint density at radius 2 is 1.86 bits per heavy atom. The molecule has 0 aromatic rings. The van der Waals surface area contributed by atoms with Gasteiger partial charge in [0.2, 0.25) is 5.91 Å². The van der Waals surface area contributed by atoms with E-state index in [4.69, 9.17) is 5.73 Å². The maximum Gasteiger partial charge on any atom is 0.237 e. The Balaban J connectivity index is 2.86. The summed E-state index contributed by atoms with van der Waals surface area (Å²) in [5.41, 5.74) is 6.31. The summed E-state index contributed by atoms with van der Waals surface area (Å²) in [4.78, 5) is 15.2. The molecule has 3 atom stereocenters. The number of nitrogens with zero attached hydrogens (tertiary/aromatic N) is 1. The number of rotatable bonds is 5. The largest absolute Gasteiger partial charge is 0.401 e. The summed E-state index contributed by atoms with van der Waals surface area (Å²) in [6.07, 6.45) is 3.22. The second-order valence-corrected chi connectivity index (χ2v) is 8.12. The van der Waals surface area contributed by atoms with Gasteiger partial charge in [0.15, 0.2) is 0 Å². The minimum absolute atomic E-state index is 0.0460. The molecular weight excluding hydrogens is 274 g/mol. The van der Waals surface area contributed by atoms with Gasteiger partial charge in [0.1, 0.15) is 0 Å². The van der Waals surface area contributed by atoms with Crippen LogP contribution in [-0.2, 0) is 4.79 Å². The van der Waals surface area contributed by atoms with Crippen molar-refractivity contribution in [1.29, 1.82) is 0 Å². The van der Waals surface area contributed by atoms with Crippen molar-refractivity contribution >= 4 is 5.91 Å². The predicted molar refractivity (Wildman–Crippen MR) is 93.4 cm³/mol. The molecule has 3 N–H and O–H groups in total. The molecule has 0 radical (unpaired) electrons. The van der Waals surface area contributed by atoms with Crippen molar-refractivity contribution in [3.63, 3.8) is 0 Å². The number of hydrogen-bond donors (Lipinski definition) is 2. The van der Waals surface area contributed by atoms with Gasteiger partial charge in [-0.15, -0.1) is 0 Å². The number of amides is 1. The molecule has 1 saturated heterocycles. The predicted octanol–water partition coefficient (Wildman–Crippen LogP) is 2.89. The average molecular weight is 309 g/mol. The molecule has 4 heteroatoms. The van der Waals surface area contributed by atoms with Gasteiger partial charge in [0, 0.05) is 11.7 Å². The first kappa shape index (κ1) is 19.0. The quantitative estimate of drug-likeness (QED) is 0.821. The van der Waals surface area contributed by atoms with Crippen molar-refractivity contribution in [2.45, 2.75) is 78.9 Å². The molecule has 1 fully saturated rings. The summed E-state index contributed by atoms with van der Waals surface area (Å²) in [6, 6.07) is 0.165. The third-order valence-electron chi connectivity index (χ3n) is 4.86. The molecule has 3 unspecified atom stereocenters. The first-order valence-corrected chi connectivity index (χ1v) is 8.56. The summed E-state index contributed by atoms with van der Waals surface area (Å²) in [5.74, 6) is 0.634. The van der Waals surface area contributed by atoms with Gasteiger partial charge in [-0.1, -0.05) is 47.6 Å². The number of piperidine rings is 1. The van der Waals surface area contributed by atoms with Crippen LogP contribution >= 0.6 is 0 Å². The summed E-state index contributed by atoms with van der Waals surface area (Å²) in [7, 11) is 0. The monoisotopic (exact) mass is 309 g/mol. The maximum atomic E-state index is 12.8. The van der Waals surface area contributed by atoms with Crippen molar-refractivity contribution < 1.29 is 4.79 Å². The van der Waals surface area contributed by atoms with E-state index in [0.717, 1.165) is 19.4 Å². The van der Waals surface area contributed by atoms with E-state index in [9.17, 15) is 4.79 Å². The summed E-state index contributed by atoms with van der Waals surface area (Å²) < 4.78 is 0. The van der Waals surface area contributed by atoms with E-state index in [-0.39, 0.29) is 23.4 Å².